The summed E-state index contributed by atoms with van der Waals surface area (Å²) in [7, 11) is 0. The Morgan fingerprint density at radius 3 is 2.06 bits per heavy atom. The molecule has 0 heterocycles. The second kappa shape index (κ2) is 12.9. The molecule has 0 bridgehead atoms. The first kappa shape index (κ1) is 18.2. The van der Waals surface area contributed by atoms with Crippen LogP contribution in [0.1, 0.15) is 20.3 Å². The Balaban J connectivity index is 0. The number of carboxylic acids is 1. The Morgan fingerprint density at radius 2 is 1.76 bits per heavy atom. The zero-order chi connectivity index (χ0) is 13.7. The van der Waals surface area contributed by atoms with Crippen LogP contribution in [0.15, 0.2) is 0 Å². The Bertz CT molecular complexity index is 203. The molecule has 0 aromatic heterocycles. The maximum atomic E-state index is 10.6. The lowest BCUT2D eigenvalue weighted by molar-refractivity contribution is -0.156. The standard InChI is InChI=1S/C6H10O6.C4H10O/c7-1-2-12-5(9)3-4(8)6(10)11;1-3-5-4-2/h4,7-8H,1-3H2,(H,10,11);3-4H2,1-2H3. The van der Waals surface area contributed by atoms with Crippen molar-refractivity contribution in [3.8, 4) is 0 Å². The van der Waals surface area contributed by atoms with Crippen LogP contribution in [0.5, 0.6) is 0 Å². The van der Waals surface area contributed by atoms with Crippen LogP contribution in [-0.2, 0) is 19.1 Å². The van der Waals surface area contributed by atoms with Gasteiger partial charge in [-0.15, -0.1) is 0 Å². The van der Waals surface area contributed by atoms with Crippen molar-refractivity contribution in [2.45, 2.75) is 26.4 Å². The smallest absolute Gasteiger partial charge is 0.333 e. The van der Waals surface area contributed by atoms with Crippen LogP contribution in [0, 0.1) is 0 Å². The Morgan fingerprint density at radius 1 is 1.24 bits per heavy atom. The number of rotatable bonds is 7. The number of carbonyl (C=O) groups is 2. The molecule has 0 aliphatic rings. The lowest BCUT2D eigenvalue weighted by atomic mass is 10.2. The molecule has 1 unspecified atom stereocenters. The van der Waals surface area contributed by atoms with E-state index in [9.17, 15) is 9.59 Å². The van der Waals surface area contributed by atoms with E-state index in [1.165, 1.54) is 0 Å². The van der Waals surface area contributed by atoms with Crippen LogP contribution in [0.25, 0.3) is 0 Å². The van der Waals surface area contributed by atoms with E-state index in [1.807, 2.05) is 13.8 Å². The first-order valence-corrected chi connectivity index (χ1v) is 5.24. The number of aliphatic carboxylic acids is 1. The SMILES string of the molecule is CCOCC.O=C(CC(O)C(=O)O)OCCO. The fraction of sp³-hybridized carbons (Fsp3) is 0.800. The zero-order valence-corrected chi connectivity index (χ0v) is 10.1. The van der Waals surface area contributed by atoms with Gasteiger partial charge in [-0.25, -0.2) is 4.79 Å². The van der Waals surface area contributed by atoms with E-state index >= 15 is 0 Å². The molecule has 7 heteroatoms. The number of carboxylic acid groups (broad SMARTS) is 1. The van der Waals surface area contributed by atoms with Crippen LogP contribution >= 0.6 is 0 Å². The van der Waals surface area contributed by atoms with Crippen molar-refractivity contribution in [3.05, 3.63) is 0 Å². The quantitative estimate of drug-likeness (QED) is 0.518. The number of ether oxygens (including phenoxy) is 2. The molecule has 3 N–H and O–H groups in total. The molecule has 7 nitrogen and oxygen atoms in total. The van der Waals surface area contributed by atoms with Gasteiger partial charge in [-0.3, -0.25) is 4.79 Å². The predicted molar refractivity (Wildman–Crippen MR) is 58.5 cm³/mol. The Labute approximate surface area is 100.0 Å². The zero-order valence-electron chi connectivity index (χ0n) is 10.1. The van der Waals surface area contributed by atoms with Crippen molar-refractivity contribution in [3.63, 3.8) is 0 Å². The number of aliphatic hydroxyl groups excluding tert-OH is 2. The van der Waals surface area contributed by atoms with E-state index in [0.29, 0.717) is 0 Å². The molecule has 0 saturated carbocycles. The molecule has 0 aromatic rings. The van der Waals surface area contributed by atoms with E-state index in [1.54, 1.807) is 0 Å². The third kappa shape index (κ3) is 14.8. The summed E-state index contributed by atoms with van der Waals surface area (Å²) in [6.45, 7) is 5.15. The van der Waals surface area contributed by atoms with Crippen molar-refractivity contribution in [1.29, 1.82) is 0 Å². The Hall–Kier alpha value is -1.18. The second-order valence-corrected chi connectivity index (χ2v) is 2.78. The van der Waals surface area contributed by atoms with Crippen molar-refractivity contribution in [1.82, 2.24) is 0 Å². The molecule has 0 fully saturated rings. The maximum Gasteiger partial charge on any atom is 0.333 e. The summed E-state index contributed by atoms with van der Waals surface area (Å²) in [5.74, 6) is -2.32. The van der Waals surface area contributed by atoms with Gasteiger partial charge in [-0.05, 0) is 13.8 Å². The van der Waals surface area contributed by atoms with Crippen LogP contribution in [0.4, 0.5) is 0 Å². The predicted octanol–water partition coefficient (Wildman–Crippen LogP) is -0.600. The highest BCUT2D eigenvalue weighted by Gasteiger charge is 2.18. The normalized spacial score (nSPS) is 11.1. The monoisotopic (exact) mass is 252 g/mol. The molecule has 0 aromatic carbocycles. The average molecular weight is 252 g/mol. The molecule has 0 radical (unpaired) electrons. The molecule has 102 valence electrons. The summed E-state index contributed by atoms with van der Waals surface area (Å²) in [4.78, 5) is 20.6. The lowest BCUT2D eigenvalue weighted by Crippen LogP contribution is -2.24. The molecule has 0 spiro atoms. The van der Waals surface area contributed by atoms with Gasteiger partial charge < -0.3 is 24.8 Å². The molecule has 0 rings (SSSR count). The molecule has 0 aliphatic heterocycles. The van der Waals surface area contributed by atoms with E-state index in [0.717, 1.165) is 13.2 Å². The van der Waals surface area contributed by atoms with Crippen LogP contribution in [0.3, 0.4) is 0 Å². The molecular weight excluding hydrogens is 232 g/mol. The summed E-state index contributed by atoms with van der Waals surface area (Å²) < 4.78 is 9.13. The van der Waals surface area contributed by atoms with E-state index in [-0.39, 0.29) is 13.2 Å². The van der Waals surface area contributed by atoms with Gasteiger partial charge >= 0.3 is 11.9 Å². The second-order valence-electron chi connectivity index (χ2n) is 2.78. The van der Waals surface area contributed by atoms with Crippen LogP contribution < -0.4 is 0 Å². The maximum absolute atomic E-state index is 10.6. The minimum absolute atomic E-state index is 0.189. The highest BCUT2D eigenvalue weighted by Crippen LogP contribution is 1.94. The van der Waals surface area contributed by atoms with Gasteiger partial charge in [0.2, 0.25) is 0 Å². The third-order valence-electron chi connectivity index (χ3n) is 1.41. The molecule has 0 aliphatic carbocycles. The molecule has 0 amide bonds. The number of aliphatic hydroxyl groups is 2. The summed E-state index contributed by atoms with van der Waals surface area (Å²) in [5, 5.41) is 25.0. The van der Waals surface area contributed by atoms with E-state index in [2.05, 4.69) is 4.74 Å². The largest absolute Gasteiger partial charge is 0.479 e. The highest BCUT2D eigenvalue weighted by atomic mass is 16.5. The van der Waals surface area contributed by atoms with Gasteiger partial charge in [-0.1, -0.05) is 0 Å². The average Bonchev–Trinajstić information content (AvgIpc) is 2.28. The summed E-state index contributed by atoms with van der Waals surface area (Å²) >= 11 is 0. The topological polar surface area (TPSA) is 113 Å². The number of esters is 1. The summed E-state index contributed by atoms with van der Waals surface area (Å²) in [6, 6.07) is 0. The van der Waals surface area contributed by atoms with Gasteiger partial charge in [-0.2, -0.15) is 0 Å². The highest BCUT2D eigenvalue weighted by molar-refractivity contribution is 5.80. The van der Waals surface area contributed by atoms with Crippen molar-refractivity contribution in [2.75, 3.05) is 26.4 Å². The minimum atomic E-state index is -1.74. The lowest BCUT2D eigenvalue weighted by Gasteiger charge is -2.04. The van der Waals surface area contributed by atoms with Crippen LogP contribution in [0.2, 0.25) is 0 Å². The molecule has 1 atom stereocenters. The van der Waals surface area contributed by atoms with Gasteiger partial charge in [0.15, 0.2) is 6.10 Å². The molecule has 17 heavy (non-hydrogen) atoms. The molecular formula is C10H20O7. The van der Waals surface area contributed by atoms with Gasteiger partial charge in [0.25, 0.3) is 0 Å². The first-order chi connectivity index (χ1) is 7.99. The first-order valence-electron chi connectivity index (χ1n) is 5.24. The number of hydrogen-bond donors (Lipinski definition) is 3. The van der Waals surface area contributed by atoms with Crippen molar-refractivity contribution < 1.29 is 34.4 Å². The van der Waals surface area contributed by atoms with E-state index < -0.39 is 24.5 Å². The van der Waals surface area contributed by atoms with Gasteiger partial charge in [0, 0.05) is 13.2 Å². The third-order valence-corrected chi connectivity index (χ3v) is 1.41. The van der Waals surface area contributed by atoms with Gasteiger partial charge in [0.1, 0.15) is 6.61 Å². The summed E-state index contributed by atoms with van der Waals surface area (Å²) in [6.07, 6.45) is -2.34. The molecule has 0 saturated heterocycles. The summed E-state index contributed by atoms with van der Waals surface area (Å²) in [5.41, 5.74) is 0. The minimum Gasteiger partial charge on any atom is -0.479 e. The van der Waals surface area contributed by atoms with Crippen molar-refractivity contribution >= 4 is 11.9 Å². The van der Waals surface area contributed by atoms with Gasteiger partial charge in [0.05, 0.1) is 13.0 Å². The van der Waals surface area contributed by atoms with E-state index in [4.69, 9.17) is 20.1 Å². The number of carbonyl (C=O) groups excluding carboxylic acids is 1. The van der Waals surface area contributed by atoms with Crippen LogP contribution in [-0.4, -0.2) is 59.8 Å². The van der Waals surface area contributed by atoms with Crippen molar-refractivity contribution in [2.24, 2.45) is 0 Å². The Kier molecular flexibility index (Phi) is 13.8. The number of hydrogen-bond acceptors (Lipinski definition) is 6. The fourth-order valence-electron chi connectivity index (χ4n) is 0.668. The fourth-order valence-corrected chi connectivity index (χ4v) is 0.668.